The highest BCUT2D eigenvalue weighted by atomic mass is 32.2. The van der Waals surface area contributed by atoms with E-state index in [1.165, 1.54) is 12.1 Å². The molecule has 1 aliphatic rings. The lowest BCUT2D eigenvalue weighted by atomic mass is 10.1. The summed E-state index contributed by atoms with van der Waals surface area (Å²) in [5, 5.41) is 0. The van der Waals surface area contributed by atoms with Crippen LogP contribution in [0.15, 0.2) is 41.3 Å². The van der Waals surface area contributed by atoms with Crippen LogP contribution in [-0.4, -0.2) is 33.4 Å². The predicted octanol–water partition coefficient (Wildman–Crippen LogP) is 3.27. The number of hydrogen-bond donors (Lipinski definition) is 1. The number of rotatable bonds is 6. The number of hydrogen-bond acceptors (Lipinski definition) is 5. The topological polar surface area (TPSA) is 92.8 Å². The van der Waals surface area contributed by atoms with Crippen molar-refractivity contribution in [3.8, 4) is 0 Å². The highest BCUT2D eigenvalue weighted by Gasteiger charge is 2.26. The number of carbonyl (C=O) groups excluding carboxylic acids is 2. The van der Waals surface area contributed by atoms with Crippen LogP contribution in [0.5, 0.6) is 0 Å². The molecule has 0 aliphatic carbocycles. The molecule has 0 bridgehead atoms. The standard InChI is InChI=1S/C21H24N2O5S/c1-4-20(24)23-11-10-15-12-17(8-9-19(15)23)29(26,27)22-18-13-16(7-6-14(18)3)21(25)28-5-2/h6-9,12-13,22H,4-5,10-11H2,1-3H3. The maximum absolute atomic E-state index is 12.9. The summed E-state index contributed by atoms with van der Waals surface area (Å²) in [4.78, 5) is 25.8. The Balaban J connectivity index is 1.89. The van der Waals surface area contributed by atoms with Gasteiger partial charge in [0.15, 0.2) is 0 Å². The van der Waals surface area contributed by atoms with Crippen molar-refractivity contribution >= 4 is 33.3 Å². The molecule has 0 saturated carbocycles. The van der Waals surface area contributed by atoms with E-state index in [-0.39, 0.29) is 23.0 Å². The average molecular weight is 416 g/mol. The highest BCUT2D eigenvalue weighted by Crippen LogP contribution is 2.31. The van der Waals surface area contributed by atoms with Gasteiger partial charge in [-0.3, -0.25) is 9.52 Å². The SMILES string of the molecule is CCOC(=O)c1ccc(C)c(NS(=O)(=O)c2ccc3c(c2)CCN3C(=O)CC)c1. The summed E-state index contributed by atoms with van der Waals surface area (Å²) in [5.74, 6) is -0.491. The van der Waals surface area contributed by atoms with Gasteiger partial charge < -0.3 is 9.64 Å². The van der Waals surface area contributed by atoms with Crippen molar-refractivity contribution in [1.82, 2.24) is 0 Å². The van der Waals surface area contributed by atoms with E-state index in [2.05, 4.69) is 4.72 Å². The summed E-state index contributed by atoms with van der Waals surface area (Å²) in [6, 6.07) is 9.51. The van der Waals surface area contributed by atoms with Gasteiger partial charge in [-0.05, 0) is 61.7 Å². The number of anilines is 2. The van der Waals surface area contributed by atoms with E-state index in [4.69, 9.17) is 4.74 Å². The third-order valence-corrected chi connectivity index (χ3v) is 6.22. The van der Waals surface area contributed by atoms with E-state index in [1.807, 2.05) is 0 Å². The molecule has 0 radical (unpaired) electrons. The Morgan fingerprint density at radius 1 is 1.14 bits per heavy atom. The minimum atomic E-state index is -3.86. The van der Waals surface area contributed by atoms with E-state index in [0.717, 1.165) is 11.3 Å². The molecule has 0 spiro atoms. The number of fused-ring (bicyclic) bond motifs is 1. The molecule has 2 aromatic rings. The molecule has 8 heteroatoms. The van der Waals surface area contributed by atoms with Gasteiger partial charge in [0.25, 0.3) is 10.0 Å². The van der Waals surface area contributed by atoms with Gasteiger partial charge in [-0.15, -0.1) is 0 Å². The molecule has 3 rings (SSSR count). The molecule has 0 fully saturated rings. The summed E-state index contributed by atoms with van der Waals surface area (Å²) >= 11 is 0. The Labute approximate surface area is 170 Å². The molecular weight excluding hydrogens is 392 g/mol. The molecule has 0 atom stereocenters. The van der Waals surface area contributed by atoms with Gasteiger partial charge in [0.1, 0.15) is 0 Å². The smallest absolute Gasteiger partial charge is 0.338 e. The number of amides is 1. The van der Waals surface area contributed by atoms with Crippen LogP contribution < -0.4 is 9.62 Å². The fraction of sp³-hybridized carbons (Fsp3) is 0.333. The number of nitrogens with one attached hydrogen (secondary N) is 1. The molecule has 0 unspecified atom stereocenters. The van der Waals surface area contributed by atoms with Crippen molar-refractivity contribution < 1.29 is 22.7 Å². The second kappa shape index (κ2) is 8.24. The van der Waals surface area contributed by atoms with Crippen molar-refractivity contribution in [2.24, 2.45) is 0 Å². The van der Waals surface area contributed by atoms with Gasteiger partial charge in [0.2, 0.25) is 5.91 Å². The normalized spacial score (nSPS) is 13.1. The zero-order chi connectivity index (χ0) is 21.2. The second-order valence-corrected chi connectivity index (χ2v) is 8.48. The lowest BCUT2D eigenvalue weighted by Crippen LogP contribution is -2.27. The minimum absolute atomic E-state index is 0.0175. The van der Waals surface area contributed by atoms with Crippen LogP contribution in [0, 0.1) is 6.92 Å². The highest BCUT2D eigenvalue weighted by molar-refractivity contribution is 7.92. The molecule has 1 amide bonds. The largest absolute Gasteiger partial charge is 0.462 e. The van der Waals surface area contributed by atoms with Crippen molar-refractivity contribution in [2.75, 3.05) is 22.8 Å². The second-order valence-electron chi connectivity index (χ2n) is 6.80. The van der Waals surface area contributed by atoms with Crippen LogP contribution in [0.3, 0.4) is 0 Å². The summed E-state index contributed by atoms with van der Waals surface area (Å²) < 4.78 is 33.4. The van der Waals surface area contributed by atoms with Gasteiger partial charge in [0.05, 0.1) is 22.8 Å². The van der Waals surface area contributed by atoms with Crippen molar-refractivity contribution in [2.45, 2.75) is 38.5 Å². The van der Waals surface area contributed by atoms with Crippen molar-refractivity contribution in [3.05, 3.63) is 53.1 Å². The van der Waals surface area contributed by atoms with Gasteiger partial charge in [-0.25, -0.2) is 13.2 Å². The maximum atomic E-state index is 12.9. The van der Waals surface area contributed by atoms with E-state index in [9.17, 15) is 18.0 Å². The quantitative estimate of drug-likeness (QED) is 0.730. The number of aryl methyl sites for hydroxylation is 1. The molecule has 29 heavy (non-hydrogen) atoms. The van der Waals surface area contributed by atoms with Crippen molar-refractivity contribution in [3.63, 3.8) is 0 Å². The molecule has 154 valence electrons. The van der Waals surface area contributed by atoms with Crippen LogP contribution >= 0.6 is 0 Å². The van der Waals surface area contributed by atoms with Crippen molar-refractivity contribution in [1.29, 1.82) is 0 Å². The molecule has 2 aromatic carbocycles. The molecule has 0 saturated heterocycles. The Bertz CT molecular complexity index is 1060. The molecule has 1 N–H and O–H groups in total. The van der Waals surface area contributed by atoms with E-state index >= 15 is 0 Å². The fourth-order valence-corrected chi connectivity index (χ4v) is 4.44. The average Bonchev–Trinajstić information content (AvgIpc) is 3.12. The Morgan fingerprint density at radius 3 is 2.59 bits per heavy atom. The number of sulfonamides is 1. The number of esters is 1. The zero-order valence-corrected chi connectivity index (χ0v) is 17.5. The van der Waals surface area contributed by atoms with Crippen LogP contribution in [0.1, 0.15) is 41.8 Å². The number of carbonyl (C=O) groups is 2. The lowest BCUT2D eigenvalue weighted by Gasteiger charge is -2.17. The van der Waals surface area contributed by atoms with Crippen LogP contribution in [0.2, 0.25) is 0 Å². The molecule has 0 aromatic heterocycles. The third kappa shape index (κ3) is 4.27. The van der Waals surface area contributed by atoms with Gasteiger partial charge in [-0.1, -0.05) is 13.0 Å². The summed E-state index contributed by atoms with van der Waals surface area (Å²) in [7, 11) is -3.86. The first kappa shape index (κ1) is 20.9. The Morgan fingerprint density at radius 2 is 1.90 bits per heavy atom. The lowest BCUT2D eigenvalue weighted by molar-refractivity contribution is -0.118. The molecular formula is C21H24N2O5S. The van der Waals surface area contributed by atoms with E-state index in [1.54, 1.807) is 49.9 Å². The number of nitrogens with zero attached hydrogens (tertiary/aromatic N) is 1. The van der Waals surface area contributed by atoms with Crippen LogP contribution in [0.25, 0.3) is 0 Å². The summed E-state index contributed by atoms with van der Waals surface area (Å²) in [5.41, 5.74) is 2.86. The molecule has 1 heterocycles. The minimum Gasteiger partial charge on any atom is -0.462 e. The molecule has 1 aliphatic heterocycles. The van der Waals surface area contributed by atoms with E-state index < -0.39 is 16.0 Å². The fourth-order valence-electron chi connectivity index (χ4n) is 3.27. The van der Waals surface area contributed by atoms with Crippen LogP contribution in [-0.2, 0) is 26.0 Å². The van der Waals surface area contributed by atoms with Gasteiger partial charge in [-0.2, -0.15) is 0 Å². The summed E-state index contributed by atoms with van der Waals surface area (Å²) in [6.07, 6.45) is 1.01. The van der Waals surface area contributed by atoms with Gasteiger partial charge >= 0.3 is 5.97 Å². The first-order chi connectivity index (χ1) is 13.8. The van der Waals surface area contributed by atoms with E-state index in [0.29, 0.717) is 30.6 Å². The Hall–Kier alpha value is -2.87. The zero-order valence-electron chi connectivity index (χ0n) is 16.7. The van der Waals surface area contributed by atoms with Crippen LogP contribution in [0.4, 0.5) is 11.4 Å². The third-order valence-electron chi connectivity index (χ3n) is 4.85. The summed E-state index contributed by atoms with van der Waals surface area (Å²) in [6.45, 7) is 6.05. The first-order valence-electron chi connectivity index (χ1n) is 9.50. The Kier molecular flexibility index (Phi) is 5.93. The molecule has 7 nitrogen and oxygen atoms in total. The number of ether oxygens (including phenoxy) is 1. The number of benzene rings is 2. The maximum Gasteiger partial charge on any atom is 0.338 e. The monoisotopic (exact) mass is 416 g/mol. The van der Waals surface area contributed by atoms with Gasteiger partial charge in [0, 0.05) is 18.7 Å². The predicted molar refractivity (Wildman–Crippen MR) is 111 cm³/mol. The first-order valence-corrected chi connectivity index (χ1v) is 11.0.